The number of carbonyl (C=O) groups is 1. The third kappa shape index (κ3) is 2.71. The van der Waals surface area contributed by atoms with Gasteiger partial charge in [-0.3, -0.25) is 4.79 Å². The molecule has 1 aliphatic heterocycles. The van der Waals surface area contributed by atoms with Gasteiger partial charge in [0, 0.05) is 38.1 Å². The molecule has 1 saturated heterocycles. The number of hydrogen-bond donors (Lipinski definition) is 1. The molecule has 0 bridgehead atoms. The first-order valence-electron chi connectivity index (χ1n) is 8.10. The fraction of sp³-hybridized carbons (Fsp3) is 0.938. The van der Waals surface area contributed by atoms with Crippen LogP contribution in [0.3, 0.4) is 0 Å². The number of likely N-dealkylation sites (N-methyl/N-ethyl adjacent to an activating group) is 2. The first kappa shape index (κ1) is 16.7. The summed E-state index contributed by atoms with van der Waals surface area (Å²) in [5, 5.41) is 0. The molecule has 21 heavy (non-hydrogen) atoms. The molecule has 0 aromatic heterocycles. The van der Waals surface area contributed by atoms with Gasteiger partial charge in [-0.1, -0.05) is 13.8 Å². The fourth-order valence-electron chi connectivity index (χ4n) is 3.75. The lowest BCUT2D eigenvalue weighted by atomic mass is 9.54. The molecule has 5 nitrogen and oxygen atoms in total. The minimum Gasteiger partial charge on any atom is -0.378 e. The molecule has 3 atom stereocenters. The Balaban J connectivity index is 1.99. The second-order valence-corrected chi connectivity index (χ2v) is 7.30. The van der Waals surface area contributed by atoms with E-state index in [1.807, 2.05) is 32.7 Å². The van der Waals surface area contributed by atoms with E-state index in [0.717, 1.165) is 19.5 Å². The molecule has 0 spiro atoms. The number of ether oxygens (including phenoxy) is 1. The zero-order valence-corrected chi connectivity index (χ0v) is 14.2. The Labute approximate surface area is 128 Å². The largest absolute Gasteiger partial charge is 0.378 e. The number of rotatable bonds is 5. The standard InChI is InChI=1S/C16H31N3O2/c1-6-21-13-10-16(17,15(13,2)3)14(20)19(5)11-12-8-7-9-18(12)4/h12-13H,6-11,17H2,1-5H3. The highest BCUT2D eigenvalue weighted by atomic mass is 16.5. The third-order valence-corrected chi connectivity index (χ3v) is 5.71. The maximum Gasteiger partial charge on any atom is 0.243 e. The molecule has 2 fully saturated rings. The summed E-state index contributed by atoms with van der Waals surface area (Å²) >= 11 is 0. The Hall–Kier alpha value is -0.650. The Morgan fingerprint density at radius 1 is 1.48 bits per heavy atom. The molecule has 2 rings (SSSR count). The van der Waals surface area contributed by atoms with Gasteiger partial charge < -0.3 is 20.3 Å². The summed E-state index contributed by atoms with van der Waals surface area (Å²) in [6.07, 6.45) is 3.09. The Morgan fingerprint density at radius 3 is 2.62 bits per heavy atom. The normalized spacial score (nSPS) is 35.5. The number of likely N-dealkylation sites (tertiary alicyclic amines) is 1. The van der Waals surface area contributed by atoms with Gasteiger partial charge in [0.1, 0.15) is 5.54 Å². The van der Waals surface area contributed by atoms with Crippen LogP contribution >= 0.6 is 0 Å². The van der Waals surface area contributed by atoms with Gasteiger partial charge in [0.15, 0.2) is 0 Å². The number of carbonyl (C=O) groups excluding carboxylic acids is 1. The summed E-state index contributed by atoms with van der Waals surface area (Å²) in [4.78, 5) is 17.0. The van der Waals surface area contributed by atoms with Crippen molar-refractivity contribution in [3.05, 3.63) is 0 Å². The Kier molecular flexibility index (Phi) is 4.66. The van der Waals surface area contributed by atoms with Gasteiger partial charge in [0.25, 0.3) is 0 Å². The smallest absolute Gasteiger partial charge is 0.243 e. The summed E-state index contributed by atoms with van der Waals surface area (Å²) in [5.41, 5.74) is 5.37. The molecule has 0 aromatic carbocycles. The number of nitrogens with zero attached hydrogens (tertiary/aromatic N) is 2. The van der Waals surface area contributed by atoms with E-state index in [1.54, 1.807) is 0 Å². The topological polar surface area (TPSA) is 58.8 Å². The second kappa shape index (κ2) is 5.86. The first-order valence-corrected chi connectivity index (χ1v) is 8.10. The van der Waals surface area contributed by atoms with E-state index in [9.17, 15) is 4.79 Å². The van der Waals surface area contributed by atoms with Crippen LogP contribution < -0.4 is 5.73 Å². The van der Waals surface area contributed by atoms with Crippen molar-refractivity contribution in [3.8, 4) is 0 Å². The van der Waals surface area contributed by atoms with Crippen LogP contribution in [-0.2, 0) is 9.53 Å². The molecule has 5 heteroatoms. The highest BCUT2D eigenvalue weighted by Gasteiger charge is 2.63. The number of amides is 1. The molecule has 122 valence electrons. The molecule has 1 aliphatic carbocycles. The molecule has 2 aliphatic rings. The van der Waals surface area contributed by atoms with E-state index in [2.05, 4.69) is 11.9 Å². The van der Waals surface area contributed by atoms with Crippen molar-refractivity contribution in [2.45, 2.75) is 57.7 Å². The predicted octanol–water partition coefficient (Wildman–Crippen LogP) is 1.07. The minimum atomic E-state index is -0.793. The zero-order valence-electron chi connectivity index (χ0n) is 14.2. The maximum absolute atomic E-state index is 12.8. The van der Waals surface area contributed by atoms with Crippen LogP contribution in [0.1, 0.15) is 40.0 Å². The molecular formula is C16H31N3O2. The Morgan fingerprint density at radius 2 is 2.14 bits per heavy atom. The second-order valence-electron chi connectivity index (χ2n) is 7.30. The van der Waals surface area contributed by atoms with Crippen molar-refractivity contribution in [1.82, 2.24) is 9.80 Å². The van der Waals surface area contributed by atoms with Gasteiger partial charge in [-0.2, -0.15) is 0 Å². The summed E-state index contributed by atoms with van der Waals surface area (Å²) in [7, 11) is 4.01. The van der Waals surface area contributed by atoms with E-state index < -0.39 is 5.54 Å². The van der Waals surface area contributed by atoms with Crippen LogP contribution in [0.15, 0.2) is 0 Å². The highest BCUT2D eigenvalue weighted by Crippen LogP contribution is 2.50. The van der Waals surface area contributed by atoms with Gasteiger partial charge in [-0.15, -0.1) is 0 Å². The van der Waals surface area contributed by atoms with Gasteiger partial charge >= 0.3 is 0 Å². The molecule has 2 N–H and O–H groups in total. The van der Waals surface area contributed by atoms with Gasteiger partial charge in [-0.25, -0.2) is 0 Å². The quantitative estimate of drug-likeness (QED) is 0.825. The highest BCUT2D eigenvalue weighted by molar-refractivity contribution is 5.88. The van der Waals surface area contributed by atoms with Crippen LogP contribution in [0.5, 0.6) is 0 Å². The third-order valence-electron chi connectivity index (χ3n) is 5.71. The molecule has 1 saturated carbocycles. The molecule has 1 heterocycles. The van der Waals surface area contributed by atoms with Crippen LogP contribution in [0.25, 0.3) is 0 Å². The lowest BCUT2D eigenvalue weighted by Crippen LogP contribution is -2.76. The van der Waals surface area contributed by atoms with Gasteiger partial charge in [0.2, 0.25) is 5.91 Å². The monoisotopic (exact) mass is 297 g/mol. The van der Waals surface area contributed by atoms with E-state index in [-0.39, 0.29) is 17.4 Å². The van der Waals surface area contributed by atoms with Crippen molar-refractivity contribution in [1.29, 1.82) is 0 Å². The van der Waals surface area contributed by atoms with Crippen LogP contribution in [-0.4, -0.2) is 67.2 Å². The predicted molar refractivity (Wildman–Crippen MR) is 84.0 cm³/mol. The fourth-order valence-corrected chi connectivity index (χ4v) is 3.75. The van der Waals surface area contributed by atoms with E-state index in [1.165, 1.54) is 6.42 Å². The summed E-state index contributed by atoms with van der Waals surface area (Å²) in [5.74, 6) is 0.0590. The van der Waals surface area contributed by atoms with E-state index >= 15 is 0 Å². The number of nitrogens with two attached hydrogens (primary N) is 1. The molecule has 3 unspecified atom stereocenters. The van der Waals surface area contributed by atoms with Crippen LogP contribution in [0.2, 0.25) is 0 Å². The molecule has 0 radical (unpaired) electrons. The van der Waals surface area contributed by atoms with Crippen molar-refractivity contribution in [2.24, 2.45) is 11.1 Å². The number of hydrogen-bond acceptors (Lipinski definition) is 4. The summed E-state index contributed by atoms with van der Waals surface area (Å²) < 4.78 is 5.71. The molecule has 0 aromatic rings. The van der Waals surface area contributed by atoms with Crippen molar-refractivity contribution < 1.29 is 9.53 Å². The summed E-state index contributed by atoms with van der Waals surface area (Å²) in [6, 6.07) is 0.466. The molecule has 1 amide bonds. The average molecular weight is 297 g/mol. The lowest BCUT2D eigenvalue weighted by Gasteiger charge is -2.58. The van der Waals surface area contributed by atoms with Crippen LogP contribution in [0, 0.1) is 5.41 Å². The van der Waals surface area contributed by atoms with Crippen molar-refractivity contribution in [3.63, 3.8) is 0 Å². The minimum absolute atomic E-state index is 0.0590. The Bertz CT molecular complexity index is 399. The summed E-state index contributed by atoms with van der Waals surface area (Å²) in [6.45, 7) is 8.63. The maximum atomic E-state index is 12.8. The zero-order chi connectivity index (χ0) is 15.8. The van der Waals surface area contributed by atoms with E-state index in [4.69, 9.17) is 10.5 Å². The SMILES string of the molecule is CCOC1CC(N)(C(=O)N(C)CC2CCCN2C)C1(C)C. The first-order chi connectivity index (χ1) is 9.74. The lowest BCUT2D eigenvalue weighted by molar-refractivity contribution is -0.178. The van der Waals surface area contributed by atoms with E-state index in [0.29, 0.717) is 19.1 Å². The average Bonchev–Trinajstić information content (AvgIpc) is 2.82. The van der Waals surface area contributed by atoms with Crippen molar-refractivity contribution >= 4 is 5.91 Å². The van der Waals surface area contributed by atoms with Crippen molar-refractivity contribution in [2.75, 3.05) is 33.8 Å². The van der Waals surface area contributed by atoms with Gasteiger partial charge in [-0.05, 0) is 33.4 Å². The molecular weight excluding hydrogens is 266 g/mol. The van der Waals surface area contributed by atoms with Crippen LogP contribution in [0.4, 0.5) is 0 Å². The van der Waals surface area contributed by atoms with Gasteiger partial charge in [0.05, 0.1) is 6.10 Å².